The lowest BCUT2D eigenvalue weighted by Gasteiger charge is -2.28. The molecule has 0 aromatic heterocycles. The van der Waals surface area contributed by atoms with E-state index in [2.05, 4.69) is 30.0 Å². The van der Waals surface area contributed by atoms with Gasteiger partial charge in [-0.1, -0.05) is 50.2 Å². The standard InChI is InChI=1S/C58H67N3O11S/c1-5-21-69-23-24-70-22-20-59(19-11-14-48(62)6-2)47-27-39(35-71-54-32-41-17-18-46-30-42-12-7-9-15-51(42)60(46)57(63)49(41)25-38(54)3)26-40(28-47)36-72-56-33-44-29-45(37-73(65,66)67)53-31-43-13-8-10-16-52(43)61(53)58(64)50(44)34-55(56)68-4/h7-10,12-13,15-16,25-28,32-34,45-46,53H,5-6,11,14,17-24,29-31,35-37H2,1-4H3,(H,65,66,67)/t45?,46-,53+/m1/s1. The van der Waals surface area contributed by atoms with Crippen molar-refractivity contribution in [3.8, 4) is 17.2 Å². The highest BCUT2D eigenvalue weighted by atomic mass is 32.2. The Balaban J connectivity index is 1.01. The van der Waals surface area contributed by atoms with Crippen LogP contribution in [-0.4, -0.2) is 95.0 Å². The minimum Gasteiger partial charge on any atom is -0.493 e. The lowest BCUT2D eigenvalue weighted by molar-refractivity contribution is -0.118. The maximum atomic E-state index is 14.5. The summed E-state index contributed by atoms with van der Waals surface area (Å²) >= 11 is 0. The summed E-state index contributed by atoms with van der Waals surface area (Å²) in [7, 11) is -2.88. The van der Waals surface area contributed by atoms with E-state index in [4.69, 9.17) is 23.7 Å². The number of Topliss-reactive ketones (excluding diaryl/α,β-unsaturated/α-hetero) is 1. The van der Waals surface area contributed by atoms with E-state index in [0.717, 1.165) is 70.6 Å². The lowest BCUT2D eigenvalue weighted by atomic mass is 9.91. The van der Waals surface area contributed by atoms with E-state index in [0.29, 0.717) is 99.1 Å². The Hall–Kier alpha value is -6.26. The van der Waals surface area contributed by atoms with Crippen LogP contribution in [0.4, 0.5) is 17.1 Å². The minimum atomic E-state index is -4.39. The van der Waals surface area contributed by atoms with Crippen molar-refractivity contribution in [1.82, 2.24) is 0 Å². The van der Waals surface area contributed by atoms with Gasteiger partial charge >= 0.3 is 0 Å². The number of rotatable bonds is 23. The van der Waals surface area contributed by atoms with Gasteiger partial charge in [0.2, 0.25) is 0 Å². The molecule has 1 N–H and O–H groups in total. The number of hydrogen-bond acceptors (Lipinski definition) is 11. The van der Waals surface area contributed by atoms with Gasteiger partial charge in [0.1, 0.15) is 24.7 Å². The maximum Gasteiger partial charge on any atom is 0.265 e. The largest absolute Gasteiger partial charge is 0.493 e. The number of aryl methyl sites for hydroxylation is 2. The van der Waals surface area contributed by atoms with Gasteiger partial charge in [-0.25, -0.2) is 0 Å². The second kappa shape index (κ2) is 22.9. The summed E-state index contributed by atoms with van der Waals surface area (Å²) in [6, 6.07) is 29.0. The van der Waals surface area contributed by atoms with Crippen molar-refractivity contribution in [3.63, 3.8) is 0 Å². The van der Waals surface area contributed by atoms with Crippen molar-refractivity contribution in [3.05, 3.63) is 141 Å². The van der Waals surface area contributed by atoms with Crippen LogP contribution in [0.15, 0.2) is 91.0 Å². The molecule has 1 unspecified atom stereocenters. The van der Waals surface area contributed by atoms with Crippen LogP contribution in [-0.2, 0) is 63.3 Å². The first kappa shape index (κ1) is 51.6. The molecular weight excluding hydrogens is 947 g/mol. The Morgan fingerprint density at radius 1 is 0.712 bits per heavy atom. The fourth-order valence-electron chi connectivity index (χ4n) is 11.1. The predicted octanol–water partition coefficient (Wildman–Crippen LogP) is 9.32. The van der Waals surface area contributed by atoms with Crippen LogP contribution in [0.25, 0.3) is 0 Å². The molecule has 73 heavy (non-hydrogen) atoms. The smallest absolute Gasteiger partial charge is 0.265 e. The molecule has 0 fully saturated rings. The fraction of sp³-hybridized carbons (Fsp3) is 0.431. The number of carbonyl (C=O) groups excluding carboxylic acids is 3. The quantitative estimate of drug-likeness (QED) is 0.0489. The fourth-order valence-corrected chi connectivity index (χ4v) is 11.9. The number of methoxy groups -OCH3 is 1. The first-order valence-electron chi connectivity index (χ1n) is 25.7. The summed E-state index contributed by atoms with van der Waals surface area (Å²) in [6.07, 6.45) is 5.64. The topological polar surface area (TPSA) is 161 Å². The molecule has 0 radical (unpaired) electrons. The zero-order valence-electron chi connectivity index (χ0n) is 42.4. The number of anilines is 3. The Morgan fingerprint density at radius 2 is 1.36 bits per heavy atom. The van der Waals surface area contributed by atoms with E-state index < -0.39 is 27.8 Å². The van der Waals surface area contributed by atoms with Gasteiger partial charge in [-0.3, -0.25) is 18.9 Å². The molecule has 4 aliphatic heterocycles. The molecule has 0 aliphatic carbocycles. The molecule has 0 bridgehead atoms. The summed E-state index contributed by atoms with van der Waals surface area (Å²) in [5, 5.41) is 0. The Bertz CT molecular complexity index is 2960. The van der Waals surface area contributed by atoms with E-state index in [1.807, 2.05) is 79.4 Å². The van der Waals surface area contributed by atoms with Gasteiger partial charge in [-0.15, -0.1) is 0 Å². The summed E-state index contributed by atoms with van der Waals surface area (Å²) < 4.78 is 65.9. The summed E-state index contributed by atoms with van der Waals surface area (Å²) in [5.41, 5.74) is 9.97. The highest BCUT2D eigenvalue weighted by Crippen LogP contribution is 2.44. The number of amides is 2. The van der Waals surface area contributed by atoms with Crippen molar-refractivity contribution in [2.75, 3.05) is 67.1 Å². The number of carbonyl (C=O) groups is 3. The molecule has 386 valence electrons. The second-order valence-corrected chi connectivity index (χ2v) is 21.2. The van der Waals surface area contributed by atoms with Crippen molar-refractivity contribution in [2.24, 2.45) is 5.92 Å². The number of ether oxygens (including phenoxy) is 5. The minimum absolute atomic E-state index is 0.0226. The summed E-state index contributed by atoms with van der Waals surface area (Å²) in [6.45, 7) is 9.47. The maximum absolute atomic E-state index is 14.5. The van der Waals surface area contributed by atoms with Gasteiger partial charge < -0.3 is 38.4 Å². The number of fused-ring (bicyclic) bond motifs is 8. The van der Waals surface area contributed by atoms with E-state index in [1.165, 1.54) is 12.7 Å². The van der Waals surface area contributed by atoms with Crippen LogP contribution < -0.4 is 28.9 Å². The predicted molar refractivity (Wildman–Crippen MR) is 281 cm³/mol. The van der Waals surface area contributed by atoms with Crippen LogP contribution in [0.1, 0.15) is 106 Å². The zero-order valence-corrected chi connectivity index (χ0v) is 43.2. The van der Waals surface area contributed by atoms with Crippen LogP contribution >= 0.6 is 0 Å². The molecule has 2 amide bonds. The Labute approximate surface area is 429 Å². The van der Waals surface area contributed by atoms with Crippen molar-refractivity contribution < 1.29 is 51.0 Å². The van der Waals surface area contributed by atoms with E-state index in [9.17, 15) is 27.4 Å². The van der Waals surface area contributed by atoms with Gasteiger partial charge in [0.25, 0.3) is 21.9 Å². The average Bonchev–Trinajstić information content (AvgIpc) is 3.90. The molecule has 5 aromatic rings. The highest BCUT2D eigenvalue weighted by molar-refractivity contribution is 7.85. The van der Waals surface area contributed by atoms with Gasteiger partial charge in [-0.05, 0) is 145 Å². The summed E-state index contributed by atoms with van der Waals surface area (Å²) in [5.74, 6) is 0.261. The first-order chi connectivity index (χ1) is 35.3. The van der Waals surface area contributed by atoms with Gasteiger partial charge in [0.05, 0.1) is 32.7 Å². The van der Waals surface area contributed by atoms with Gasteiger partial charge in [0, 0.05) is 78.7 Å². The van der Waals surface area contributed by atoms with Crippen molar-refractivity contribution in [2.45, 2.75) is 104 Å². The van der Waals surface area contributed by atoms with Crippen LogP contribution in [0, 0.1) is 12.8 Å². The number of ketones is 1. The molecule has 15 heteroatoms. The van der Waals surface area contributed by atoms with Gasteiger partial charge in [-0.2, -0.15) is 8.42 Å². The Kier molecular flexibility index (Phi) is 16.2. The molecule has 14 nitrogen and oxygen atoms in total. The molecule has 0 spiro atoms. The lowest BCUT2D eigenvalue weighted by Crippen LogP contribution is -2.43. The molecular formula is C58H67N3O11S. The molecule has 4 heterocycles. The number of benzene rings is 5. The molecule has 5 aromatic carbocycles. The molecule has 0 saturated carbocycles. The SMILES string of the molecule is CCCOCCOCCN(CCCC(=O)CC)c1cc(COc2cc3c(cc2C)C(=O)N2c4ccccc4C[C@H]2CC3)cc(COc2cc3c(cc2OC)C(=O)N2c4ccccc4C[C@H]2C(CS(=O)(=O)O)C3)c1. The molecule has 4 aliphatic rings. The summed E-state index contributed by atoms with van der Waals surface area (Å²) in [4.78, 5) is 47.0. The average molecular weight is 1010 g/mol. The monoisotopic (exact) mass is 1010 g/mol. The zero-order chi connectivity index (χ0) is 51.2. The Morgan fingerprint density at radius 3 is 2.05 bits per heavy atom. The third kappa shape index (κ3) is 11.8. The molecule has 3 atom stereocenters. The highest BCUT2D eigenvalue weighted by Gasteiger charge is 2.44. The van der Waals surface area contributed by atoms with Crippen LogP contribution in [0.2, 0.25) is 0 Å². The van der Waals surface area contributed by atoms with Crippen molar-refractivity contribution in [1.29, 1.82) is 0 Å². The third-order valence-corrected chi connectivity index (χ3v) is 15.5. The number of nitrogens with zero attached hydrogens (tertiary/aromatic N) is 3. The van der Waals surface area contributed by atoms with E-state index in [-0.39, 0.29) is 43.3 Å². The van der Waals surface area contributed by atoms with Gasteiger partial charge in [0.15, 0.2) is 11.5 Å². The van der Waals surface area contributed by atoms with Crippen LogP contribution in [0.3, 0.4) is 0 Å². The van der Waals surface area contributed by atoms with Crippen molar-refractivity contribution >= 4 is 44.8 Å². The second-order valence-electron chi connectivity index (χ2n) is 19.7. The molecule has 0 saturated heterocycles. The normalized spacial score (nSPS) is 17.7. The number of para-hydroxylation sites is 2. The molecule has 9 rings (SSSR count). The first-order valence-corrected chi connectivity index (χ1v) is 27.4. The van der Waals surface area contributed by atoms with E-state index in [1.54, 1.807) is 17.0 Å². The van der Waals surface area contributed by atoms with Crippen LogP contribution in [0.5, 0.6) is 17.2 Å². The number of hydrogen-bond donors (Lipinski definition) is 1. The van der Waals surface area contributed by atoms with E-state index >= 15 is 0 Å². The third-order valence-electron chi connectivity index (χ3n) is 14.7.